The number of alkyl halides is 1. The molecule has 0 spiro atoms. The first-order valence-corrected chi connectivity index (χ1v) is 4.98. The van der Waals surface area contributed by atoms with E-state index in [0.717, 1.165) is 24.2 Å². The molecule has 2 nitrogen and oxygen atoms in total. The SMILES string of the molecule is CC[C@H](Br)Cc1cc(N)ccn1. The minimum absolute atomic E-state index is 0.506. The van der Waals surface area contributed by atoms with Crippen LogP contribution in [-0.4, -0.2) is 9.81 Å². The molecule has 12 heavy (non-hydrogen) atoms. The summed E-state index contributed by atoms with van der Waals surface area (Å²) in [4.78, 5) is 4.72. The molecule has 1 rings (SSSR count). The van der Waals surface area contributed by atoms with E-state index in [-0.39, 0.29) is 0 Å². The Kier molecular flexibility index (Phi) is 3.53. The van der Waals surface area contributed by atoms with Gasteiger partial charge in [0.25, 0.3) is 0 Å². The summed E-state index contributed by atoms with van der Waals surface area (Å²) in [5.41, 5.74) is 7.46. The molecule has 66 valence electrons. The fraction of sp³-hybridized carbons (Fsp3) is 0.444. The number of pyridine rings is 1. The van der Waals surface area contributed by atoms with Gasteiger partial charge in [0.2, 0.25) is 0 Å². The Morgan fingerprint density at radius 2 is 2.42 bits per heavy atom. The summed E-state index contributed by atoms with van der Waals surface area (Å²) in [7, 11) is 0. The van der Waals surface area contributed by atoms with Crippen molar-refractivity contribution in [3.8, 4) is 0 Å². The number of halogens is 1. The van der Waals surface area contributed by atoms with Gasteiger partial charge in [-0.15, -0.1) is 0 Å². The highest BCUT2D eigenvalue weighted by atomic mass is 79.9. The third kappa shape index (κ3) is 2.81. The second kappa shape index (κ2) is 4.45. The molecular weight excluding hydrogens is 216 g/mol. The van der Waals surface area contributed by atoms with Crippen molar-refractivity contribution in [1.29, 1.82) is 0 Å². The van der Waals surface area contributed by atoms with Crippen LogP contribution in [0.3, 0.4) is 0 Å². The van der Waals surface area contributed by atoms with E-state index in [2.05, 4.69) is 27.8 Å². The summed E-state index contributed by atoms with van der Waals surface area (Å²) < 4.78 is 0. The Balaban J connectivity index is 2.63. The van der Waals surface area contributed by atoms with E-state index >= 15 is 0 Å². The van der Waals surface area contributed by atoms with Crippen LogP contribution in [0.1, 0.15) is 19.0 Å². The molecule has 0 aliphatic heterocycles. The van der Waals surface area contributed by atoms with E-state index in [1.165, 1.54) is 0 Å². The van der Waals surface area contributed by atoms with Crippen LogP contribution < -0.4 is 5.73 Å². The molecular formula is C9H13BrN2. The van der Waals surface area contributed by atoms with E-state index in [9.17, 15) is 0 Å². The Bertz CT molecular complexity index is 250. The normalized spacial score (nSPS) is 12.8. The number of nitrogen functional groups attached to an aromatic ring is 1. The van der Waals surface area contributed by atoms with Gasteiger partial charge < -0.3 is 5.73 Å². The first-order chi connectivity index (χ1) is 5.72. The molecule has 3 heteroatoms. The van der Waals surface area contributed by atoms with Gasteiger partial charge >= 0.3 is 0 Å². The van der Waals surface area contributed by atoms with Crippen LogP contribution in [0.25, 0.3) is 0 Å². The molecule has 0 unspecified atom stereocenters. The Morgan fingerprint density at radius 3 is 3.00 bits per heavy atom. The fourth-order valence-corrected chi connectivity index (χ4v) is 1.31. The lowest BCUT2D eigenvalue weighted by atomic mass is 10.2. The van der Waals surface area contributed by atoms with E-state index in [0.29, 0.717) is 4.83 Å². The standard InChI is InChI=1S/C9H13BrN2/c1-2-7(10)5-9-6-8(11)3-4-12-9/h3-4,6-7H,2,5H2,1H3,(H2,11,12)/t7-/m0/s1. The van der Waals surface area contributed by atoms with Gasteiger partial charge in [-0.2, -0.15) is 0 Å². The maximum atomic E-state index is 5.62. The van der Waals surface area contributed by atoms with Gasteiger partial charge in [0.1, 0.15) is 0 Å². The maximum absolute atomic E-state index is 5.62. The second-order valence-corrected chi connectivity index (χ2v) is 4.09. The van der Waals surface area contributed by atoms with E-state index in [4.69, 9.17) is 5.73 Å². The summed E-state index contributed by atoms with van der Waals surface area (Å²) in [6.07, 6.45) is 3.80. The first-order valence-electron chi connectivity index (χ1n) is 4.07. The fourth-order valence-electron chi connectivity index (χ4n) is 0.980. The van der Waals surface area contributed by atoms with E-state index < -0.39 is 0 Å². The highest BCUT2D eigenvalue weighted by molar-refractivity contribution is 9.09. The molecule has 1 aromatic heterocycles. The van der Waals surface area contributed by atoms with Crippen LogP contribution in [0, 0.1) is 0 Å². The van der Waals surface area contributed by atoms with Crippen molar-refractivity contribution < 1.29 is 0 Å². The quantitative estimate of drug-likeness (QED) is 0.808. The Hall–Kier alpha value is -0.570. The van der Waals surface area contributed by atoms with Gasteiger partial charge in [-0.25, -0.2) is 0 Å². The molecule has 1 atom stereocenters. The summed E-state index contributed by atoms with van der Waals surface area (Å²) in [5, 5.41) is 0. The van der Waals surface area contributed by atoms with Crippen molar-refractivity contribution in [2.45, 2.75) is 24.6 Å². The molecule has 2 N–H and O–H groups in total. The molecule has 0 bridgehead atoms. The summed E-state index contributed by atoms with van der Waals surface area (Å²) in [6, 6.07) is 3.72. The van der Waals surface area contributed by atoms with Crippen LogP contribution in [0.2, 0.25) is 0 Å². The highest BCUT2D eigenvalue weighted by Crippen LogP contribution is 2.12. The molecule has 0 saturated heterocycles. The average Bonchev–Trinajstić information content (AvgIpc) is 2.04. The minimum atomic E-state index is 0.506. The molecule has 0 amide bonds. The minimum Gasteiger partial charge on any atom is -0.399 e. The van der Waals surface area contributed by atoms with Gasteiger partial charge in [0.15, 0.2) is 0 Å². The molecule has 0 radical (unpaired) electrons. The van der Waals surface area contributed by atoms with E-state index in [1.54, 1.807) is 12.3 Å². The third-order valence-corrected chi connectivity index (χ3v) is 2.69. The Labute approximate surface area is 81.3 Å². The Morgan fingerprint density at radius 1 is 1.67 bits per heavy atom. The van der Waals surface area contributed by atoms with Crippen molar-refractivity contribution in [2.75, 3.05) is 5.73 Å². The third-order valence-electron chi connectivity index (χ3n) is 1.71. The topological polar surface area (TPSA) is 38.9 Å². The van der Waals surface area contributed by atoms with E-state index in [1.807, 2.05) is 6.07 Å². The smallest absolute Gasteiger partial charge is 0.0435 e. The van der Waals surface area contributed by atoms with Gasteiger partial charge in [0, 0.05) is 28.8 Å². The van der Waals surface area contributed by atoms with Crippen LogP contribution in [0.4, 0.5) is 5.69 Å². The molecule has 1 aromatic rings. The van der Waals surface area contributed by atoms with Gasteiger partial charge in [-0.05, 0) is 18.6 Å². The van der Waals surface area contributed by atoms with Crippen LogP contribution in [0.5, 0.6) is 0 Å². The van der Waals surface area contributed by atoms with Crippen LogP contribution in [0.15, 0.2) is 18.3 Å². The zero-order valence-corrected chi connectivity index (χ0v) is 8.71. The van der Waals surface area contributed by atoms with Crippen molar-refractivity contribution in [3.63, 3.8) is 0 Å². The monoisotopic (exact) mass is 228 g/mol. The largest absolute Gasteiger partial charge is 0.399 e. The number of nitrogens with zero attached hydrogens (tertiary/aromatic N) is 1. The number of aromatic nitrogens is 1. The number of hydrogen-bond acceptors (Lipinski definition) is 2. The second-order valence-electron chi connectivity index (χ2n) is 2.79. The van der Waals surface area contributed by atoms with Crippen molar-refractivity contribution in [2.24, 2.45) is 0 Å². The first kappa shape index (κ1) is 9.52. The zero-order valence-electron chi connectivity index (χ0n) is 7.13. The summed E-state index contributed by atoms with van der Waals surface area (Å²) >= 11 is 3.56. The molecule has 1 heterocycles. The lowest BCUT2D eigenvalue weighted by Crippen LogP contribution is -2.02. The van der Waals surface area contributed by atoms with Crippen molar-refractivity contribution in [3.05, 3.63) is 24.0 Å². The molecule has 0 aliphatic carbocycles. The predicted octanol–water partition coefficient (Wildman–Crippen LogP) is 2.38. The van der Waals surface area contributed by atoms with Crippen LogP contribution >= 0.6 is 15.9 Å². The summed E-state index contributed by atoms with van der Waals surface area (Å²) in [6.45, 7) is 2.14. The maximum Gasteiger partial charge on any atom is 0.0435 e. The number of nitrogens with two attached hydrogens (primary N) is 1. The molecule has 0 fully saturated rings. The number of anilines is 1. The highest BCUT2D eigenvalue weighted by Gasteiger charge is 2.03. The van der Waals surface area contributed by atoms with Crippen LogP contribution in [-0.2, 0) is 6.42 Å². The van der Waals surface area contributed by atoms with Gasteiger partial charge in [-0.1, -0.05) is 22.9 Å². The molecule has 0 saturated carbocycles. The zero-order chi connectivity index (χ0) is 8.97. The lowest BCUT2D eigenvalue weighted by Gasteiger charge is -2.05. The number of rotatable bonds is 3. The number of hydrogen-bond donors (Lipinski definition) is 1. The lowest BCUT2D eigenvalue weighted by molar-refractivity contribution is 0.809. The van der Waals surface area contributed by atoms with Crippen molar-refractivity contribution >= 4 is 21.6 Å². The average molecular weight is 229 g/mol. The molecule has 0 aromatic carbocycles. The van der Waals surface area contributed by atoms with Gasteiger partial charge in [-0.3, -0.25) is 4.98 Å². The summed E-state index contributed by atoms with van der Waals surface area (Å²) in [5.74, 6) is 0. The van der Waals surface area contributed by atoms with Crippen molar-refractivity contribution in [1.82, 2.24) is 4.98 Å². The predicted molar refractivity (Wildman–Crippen MR) is 55.4 cm³/mol. The molecule has 0 aliphatic rings. The van der Waals surface area contributed by atoms with Gasteiger partial charge in [0.05, 0.1) is 0 Å².